The summed E-state index contributed by atoms with van der Waals surface area (Å²) >= 11 is 0. The number of rotatable bonds is 5. The van der Waals surface area contributed by atoms with Gasteiger partial charge < -0.3 is 19.7 Å². The molecule has 0 amide bonds. The van der Waals surface area contributed by atoms with E-state index in [2.05, 4.69) is 19.9 Å². The zero-order valence-corrected chi connectivity index (χ0v) is 18.7. The number of ether oxygens (including phenoxy) is 2. The van der Waals surface area contributed by atoms with Crippen molar-refractivity contribution in [1.82, 2.24) is 0 Å². The minimum Gasteiger partial charge on any atom is -0.392 e. The average Bonchev–Trinajstić information content (AvgIpc) is 3.44. The molecule has 2 N–H and O–H groups in total. The molecule has 0 heterocycles. The van der Waals surface area contributed by atoms with Crippen molar-refractivity contribution < 1.29 is 19.7 Å². The van der Waals surface area contributed by atoms with Gasteiger partial charge in [0.25, 0.3) is 0 Å². The van der Waals surface area contributed by atoms with Gasteiger partial charge in [-0.1, -0.05) is 25.5 Å². The van der Waals surface area contributed by atoms with Crippen LogP contribution in [-0.2, 0) is 9.47 Å². The topological polar surface area (TPSA) is 58.9 Å². The summed E-state index contributed by atoms with van der Waals surface area (Å²) in [6, 6.07) is 0. The Labute approximate surface area is 176 Å². The molecule has 4 saturated carbocycles. The monoisotopic (exact) mass is 404 g/mol. The summed E-state index contributed by atoms with van der Waals surface area (Å²) in [5, 5.41) is 22.3. The SMILES string of the molecule is COC(CC[C@]1(O)CC[C@@]2(C)C(=CCC3C2CC[C@@]2(C)C3[C@H]3C[C@H]3[C@@H]2O)C1)OC. The number of aliphatic hydroxyl groups is 2. The number of hydrogen-bond acceptors (Lipinski definition) is 4. The first kappa shape index (κ1) is 20.5. The van der Waals surface area contributed by atoms with Crippen molar-refractivity contribution in [3.8, 4) is 0 Å². The summed E-state index contributed by atoms with van der Waals surface area (Å²) in [6.07, 6.45) is 11.3. The highest BCUT2D eigenvalue weighted by Crippen LogP contribution is 2.73. The number of allylic oxidation sites excluding steroid dienone is 1. The maximum absolute atomic E-state index is 11.4. The van der Waals surface area contributed by atoms with E-state index in [1.165, 1.54) is 24.8 Å². The summed E-state index contributed by atoms with van der Waals surface area (Å²) < 4.78 is 10.7. The number of fused-ring (bicyclic) bond motifs is 7. The van der Waals surface area contributed by atoms with E-state index in [0.29, 0.717) is 11.8 Å². The Morgan fingerprint density at radius 3 is 2.59 bits per heavy atom. The standard InChI is InChI=1S/C25H40O4/c1-23-11-12-25(27,10-8-20(28-3)29-4)14-15(23)5-6-16-19(23)7-9-24(2)21(16)17-13-18(17)22(24)26/h5,16-22,26-27H,6-14H2,1-4H3/t16?,17-,18+,19?,21?,22-,23-,24-,25-/m0/s1. The van der Waals surface area contributed by atoms with Gasteiger partial charge in [0.15, 0.2) is 6.29 Å². The predicted octanol–water partition coefficient (Wildman–Crippen LogP) is 4.30. The fourth-order valence-electron chi connectivity index (χ4n) is 8.58. The molecule has 0 aromatic rings. The summed E-state index contributed by atoms with van der Waals surface area (Å²) in [5.41, 5.74) is 1.27. The van der Waals surface area contributed by atoms with Crippen LogP contribution in [-0.4, -0.2) is 42.4 Å². The van der Waals surface area contributed by atoms with Crippen molar-refractivity contribution in [2.24, 2.45) is 40.4 Å². The van der Waals surface area contributed by atoms with Crippen molar-refractivity contribution in [3.05, 3.63) is 11.6 Å². The highest BCUT2D eigenvalue weighted by molar-refractivity contribution is 5.29. The number of aliphatic hydroxyl groups excluding tert-OH is 1. The quantitative estimate of drug-likeness (QED) is 0.530. The lowest BCUT2D eigenvalue weighted by atomic mass is 9.46. The number of methoxy groups -OCH3 is 2. The summed E-state index contributed by atoms with van der Waals surface area (Å²) in [4.78, 5) is 0. The van der Waals surface area contributed by atoms with Crippen LogP contribution in [0.1, 0.15) is 71.6 Å². The predicted molar refractivity (Wildman–Crippen MR) is 112 cm³/mol. The van der Waals surface area contributed by atoms with Crippen LogP contribution in [0.15, 0.2) is 11.6 Å². The fraction of sp³-hybridized carbons (Fsp3) is 0.920. The van der Waals surface area contributed by atoms with Crippen molar-refractivity contribution in [2.75, 3.05) is 14.2 Å². The van der Waals surface area contributed by atoms with Crippen LogP contribution in [0.25, 0.3) is 0 Å². The molecule has 5 rings (SSSR count). The van der Waals surface area contributed by atoms with Crippen LogP contribution in [0.4, 0.5) is 0 Å². The summed E-state index contributed by atoms with van der Waals surface area (Å²) in [7, 11) is 3.34. The Kier molecular flexibility index (Phi) is 4.79. The average molecular weight is 405 g/mol. The molecule has 0 aliphatic heterocycles. The lowest BCUT2D eigenvalue weighted by molar-refractivity contribution is -0.125. The molecule has 0 bridgehead atoms. The fourth-order valence-corrected chi connectivity index (χ4v) is 8.58. The maximum atomic E-state index is 11.4. The first-order chi connectivity index (χ1) is 13.8. The van der Waals surface area contributed by atoms with Gasteiger partial charge in [0.2, 0.25) is 0 Å². The molecule has 0 saturated heterocycles. The molecule has 5 aliphatic rings. The van der Waals surface area contributed by atoms with Crippen LogP contribution in [0.3, 0.4) is 0 Å². The van der Waals surface area contributed by atoms with E-state index < -0.39 is 5.60 Å². The molecule has 0 aromatic carbocycles. The van der Waals surface area contributed by atoms with E-state index in [0.717, 1.165) is 56.3 Å². The van der Waals surface area contributed by atoms with E-state index in [1.54, 1.807) is 14.2 Å². The van der Waals surface area contributed by atoms with Crippen molar-refractivity contribution in [2.45, 2.75) is 89.6 Å². The molecule has 5 aliphatic carbocycles. The van der Waals surface area contributed by atoms with Crippen molar-refractivity contribution >= 4 is 0 Å². The first-order valence-corrected chi connectivity index (χ1v) is 11.9. The second-order valence-corrected chi connectivity index (χ2v) is 11.6. The maximum Gasteiger partial charge on any atom is 0.156 e. The third-order valence-corrected chi connectivity index (χ3v) is 10.4. The van der Waals surface area contributed by atoms with Gasteiger partial charge in [-0.25, -0.2) is 0 Å². The van der Waals surface area contributed by atoms with Crippen LogP contribution < -0.4 is 0 Å². The normalized spacial score (nSPS) is 53.0. The molecule has 3 unspecified atom stereocenters. The van der Waals surface area contributed by atoms with Crippen LogP contribution >= 0.6 is 0 Å². The largest absolute Gasteiger partial charge is 0.392 e. The van der Waals surface area contributed by atoms with Crippen LogP contribution in [0, 0.1) is 40.4 Å². The molecular formula is C25H40O4. The van der Waals surface area contributed by atoms with Gasteiger partial charge in [-0.05, 0) is 91.8 Å². The number of hydrogen-bond donors (Lipinski definition) is 2. The summed E-state index contributed by atoms with van der Waals surface area (Å²) in [5.74, 6) is 3.53. The lowest BCUT2D eigenvalue weighted by Gasteiger charge is -2.59. The van der Waals surface area contributed by atoms with Crippen molar-refractivity contribution in [1.29, 1.82) is 0 Å². The summed E-state index contributed by atoms with van der Waals surface area (Å²) in [6.45, 7) is 4.87. The molecular weight excluding hydrogens is 364 g/mol. The highest BCUT2D eigenvalue weighted by atomic mass is 16.7. The van der Waals surface area contributed by atoms with Crippen LogP contribution in [0.2, 0.25) is 0 Å². The third kappa shape index (κ3) is 2.92. The van der Waals surface area contributed by atoms with Crippen molar-refractivity contribution in [3.63, 3.8) is 0 Å². The second-order valence-electron chi connectivity index (χ2n) is 11.6. The van der Waals surface area contributed by atoms with Gasteiger partial charge in [0.1, 0.15) is 0 Å². The zero-order chi connectivity index (χ0) is 20.6. The van der Waals surface area contributed by atoms with Gasteiger partial charge in [0, 0.05) is 20.6 Å². The first-order valence-electron chi connectivity index (χ1n) is 11.9. The van der Waals surface area contributed by atoms with Gasteiger partial charge in [0.05, 0.1) is 11.7 Å². The molecule has 4 nitrogen and oxygen atoms in total. The molecule has 9 atom stereocenters. The van der Waals surface area contributed by atoms with E-state index in [9.17, 15) is 10.2 Å². The highest BCUT2D eigenvalue weighted by Gasteiger charge is 2.69. The molecule has 0 aromatic heterocycles. The molecule has 4 fully saturated rings. The van der Waals surface area contributed by atoms with Gasteiger partial charge in [-0.2, -0.15) is 0 Å². The smallest absolute Gasteiger partial charge is 0.156 e. The Morgan fingerprint density at radius 1 is 1.10 bits per heavy atom. The molecule has 4 heteroatoms. The van der Waals surface area contributed by atoms with Gasteiger partial charge >= 0.3 is 0 Å². The van der Waals surface area contributed by atoms with E-state index >= 15 is 0 Å². The van der Waals surface area contributed by atoms with Crippen LogP contribution in [0.5, 0.6) is 0 Å². The Hall–Kier alpha value is -0.420. The molecule has 0 spiro atoms. The third-order valence-electron chi connectivity index (χ3n) is 10.4. The molecule has 164 valence electrons. The molecule has 29 heavy (non-hydrogen) atoms. The Balaban J connectivity index is 1.35. The van der Waals surface area contributed by atoms with Gasteiger partial charge in [-0.15, -0.1) is 0 Å². The zero-order valence-electron chi connectivity index (χ0n) is 18.7. The minimum atomic E-state index is -0.623. The Morgan fingerprint density at radius 2 is 1.86 bits per heavy atom. The van der Waals surface area contributed by atoms with E-state index in [-0.39, 0.29) is 23.2 Å². The lowest BCUT2D eigenvalue weighted by Crippen LogP contribution is -2.53. The van der Waals surface area contributed by atoms with E-state index in [1.807, 2.05) is 0 Å². The molecule has 0 radical (unpaired) electrons. The van der Waals surface area contributed by atoms with Gasteiger partial charge in [-0.3, -0.25) is 0 Å². The minimum absolute atomic E-state index is 0.0670. The second kappa shape index (κ2) is 6.79. The van der Waals surface area contributed by atoms with E-state index in [4.69, 9.17) is 9.47 Å². The Bertz CT molecular complexity index is 686.